The number of hydrogen-bond acceptors (Lipinski definition) is 3. The van der Waals surface area contributed by atoms with Gasteiger partial charge in [0, 0.05) is 28.5 Å². The molecule has 0 amide bonds. The topological polar surface area (TPSA) is 42.7 Å². The van der Waals surface area contributed by atoms with Crippen LogP contribution in [0.2, 0.25) is 0 Å². The molecule has 5 heteroatoms. The molecule has 0 bridgehead atoms. The maximum absolute atomic E-state index is 4.63. The first kappa shape index (κ1) is 14.2. The summed E-state index contributed by atoms with van der Waals surface area (Å²) < 4.78 is 2.94. The van der Waals surface area contributed by atoms with E-state index in [-0.39, 0.29) is 0 Å². The van der Waals surface area contributed by atoms with Crippen LogP contribution >= 0.6 is 15.9 Å². The molecule has 2 aromatic rings. The summed E-state index contributed by atoms with van der Waals surface area (Å²) in [5.74, 6) is 0.901. The number of aromatic nitrogens is 3. The lowest BCUT2D eigenvalue weighted by Gasteiger charge is -2.10. The number of rotatable bonds is 4. The molecule has 0 atom stereocenters. The Morgan fingerprint density at radius 1 is 1.37 bits per heavy atom. The Morgan fingerprint density at radius 2 is 2.11 bits per heavy atom. The van der Waals surface area contributed by atoms with E-state index in [1.165, 1.54) is 11.3 Å². The van der Waals surface area contributed by atoms with Crippen molar-refractivity contribution in [2.45, 2.75) is 33.7 Å². The van der Waals surface area contributed by atoms with E-state index in [0.29, 0.717) is 0 Å². The van der Waals surface area contributed by atoms with Crippen LogP contribution in [0.4, 0.5) is 0 Å². The first-order valence-corrected chi connectivity index (χ1v) is 7.22. The fourth-order valence-corrected chi connectivity index (χ4v) is 2.76. The Hall–Kier alpha value is -1.20. The SMILES string of the molecule is CCc1c(C)nn(-c2ncc(Br)cc2CNC)c1C. The largest absolute Gasteiger partial charge is 0.316 e. The van der Waals surface area contributed by atoms with Crippen molar-refractivity contribution in [2.24, 2.45) is 0 Å². The molecule has 2 rings (SSSR count). The Balaban J connectivity index is 2.58. The summed E-state index contributed by atoms with van der Waals surface area (Å²) in [6, 6.07) is 2.08. The molecule has 4 nitrogen and oxygen atoms in total. The minimum atomic E-state index is 0.765. The third-order valence-corrected chi connectivity index (χ3v) is 3.71. The van der Waals surface area contributed by atoms with Crippen molar-refractivity contribution in [3.8, 4) is 5.82 Å². The highest BCUT2D eigenvalue weighted by Gasteiger charge is 2.15. The van der Waals surface area contributed by atoms with Crippen LogP contribution in [-0.2, 0) is 13.0 Å². The van der Waals surface area contributed by atoms with Crippen LogP contribution in [0, 0.1) is 13.8 Å². The van der Waals surface area contributed by atoms with Gasteiger partial charge >= 0.3 is 0 Å². The number of pyridine rings is 1. The van der Waals surface area contributed by atoms with Crippen molar-refractivity contribution in [1.29, 1.82) is 0 Å². The van der Waals surface area contributed by atoms with Crippen molar-refractivity contribution in [3.05, 3.63) is 39.3 Å². The summed E-state index contributed by atoms with van der Waals surface area (Å²) in [6.07, 6.45) is 2.81. The van der Waals surface area contributed by atoms with E-state index in [2.05, 4.69) is 58.2 Å². The Morgan fingerprint density at radius 3 is 2.68 bits per heavy atom. The molecule has 0 saturated carbocycles. The van der Waals surface area contributed by atoms with Crippen molar-refractivity contribution in [2.75, 3.05) is 7.05 Å². The molecule has 0 aliphatic heterocycles. The molecule has 0 aromatic carbocycles. The van der Waals surface area contributed by atoms with Gasteiger partial charge in [-0.15, -0.1) is 0 Å². The summed E-state index contributed by atoms with van der Waals surface area (Å²) >= 11 is 3.47. The summed E-state index contributed by atoms with van der Waals surface area (Å²) in [6.45, 7) is 7.08. The van der Waals surface area contributed by atoms with Gasteiger partial charge < -0.3 is 5.32 Å². The highest BCUT2D eigenvalue weighted by Crippen LogP contribution is 2.21. The molecule has 0 spiro atoms. The van der Waals surface area contributed by atoms with E-state index >= 15 is 0 Å². The van der Waals surface area contributed by atoms with Gasteiger partial charge in [-0.3, -0.25) is 0 Å². The molecule has 0 radical (unpaired) electrons. The lowest BCUT2D eigenvalue weighted by molar-refractivity contribution is 0.753. The maximum atomic E-state index is 4.63. The minimum absolute atomic E-state index is 0.765. The Bertz CT molecular complexity index is 589. The zero-order valence-electron chi connectivity index (χ0n) is 11.8. The smallest absolute Gasteiger partial charge is 0.158 e. The van der Waals surface area contributed by atoms with E-state index in [1.807, 2.05) is 17.9 Å². The molecule has 2 aromatic heterocycles. The van der Waals surface area contributed by atoms with Crippen LogP contribution < -0.4 is 5.32 Å². The minimum Gasteiger partial charge on any atom is -0.316 e. The summed E-state index contributed by atoms with van der Waals surface area (Å²) in [5.41, 5.74) is 4.69. The predicted molar refractivity (Wildman–Crippen MR) is 80.7 cm³/mol. The first-order valence-electron chi connectivity index (χ1n) is 6.43. The average molecular weight is 323 g/mol. The number of nitrogens with one attached hydrogen (secondary N) is 1. The van der Waals surface area contributed by atoms with Crippen LogP contribution in [-0.4, -0.2) is 21.8 Å². The van der Waals surface area contributed by atoms with Gasteiger partial charge in [-0.05, 0) is 54.9 Å². The summed E-state index contributed by atoms with van der Waals surface area (Å²) in [7, 11) is 1.93. The van der Waals surface area contributed by atoms with Gasteiger partial charge in [0.2, 0.25) is 0 Å². The maximum Gasteiger partial charge on any atom is 0.158 e. The molecule has 0 aliphatic carbocycles. The molecule has 102 valence electrons. The molecule has 19 heavy (non-hydrogen) atoms. The monoisotopic (exact) mass is 322 g/mol. The van der Waals surface area contributed by atoms with Gasteiger partial charge in [0.25, 0.3) is 0 Å². The standard InChI is InChI=1S/C14H19BrN4/c1-5-13-9(2)18-19(10(13)3)14-11(7-16-4)6-12(15)8-17-14/h6,8,16H,5,7H2,1-4H3. The second-order valence-corrected chi connectivity index (χ2v) is 5.50. The van der Waals surface area contributed by atoms with Crippen LogP contribution in [0.3, 0.4) is 0 Å². The molecule has 0 fully saturated rings. The van der Waals surface area contributed by atoms with Crippen molar-refractivity contribution in [3.63, 3.8) is 0 Å². The lowest BCUT2D eigenvalue weighted by atomic mass is 10.1. The molecule has 0 saturated heterocycles. The third kappa shape index (κ3) is 2.72. The highest BCUT2D eigenvalue weighted by molar-refractivity contribution is 9.10. The van der Waals surface area contributed by atoms with E-state index in [9.17, 15) is 0 Å². The van der Waals surface area contributed by atoms with Gasteiger partial charge in [-0.2, -0.15) is 5.10 Å². The second kappa shape index (κ2) is 5.84. The molecule has 2 heterocycles. The van der Waals surface area contributed by atoms with E-state index < -0.39 is 0 Å². The normalized spacial score (nSPS) is 11.0. The fraction of sp³-hybridized carbons (Fsp3) is 0.429. The van der Waals surface area contributed by atoms with Crippen molar-refractivity contribution < 1.29 is 0 Å². The lowest BCUT2D eigenvalue weighted by Crippen LogP contribution is -2.12. The van der Waals surface area contributed by atoms with Crippen LogP contribution in [0.15, 0.2) is 16.7 Å². The van der Waals surface area contributed by atoms with Gasteiger partial charge in [0.15, 0.2) is 5.82 Å². The predicted octanol–water partition coefficient (Wildman–Crippen LogP) is 2.93. The fourth-order valence-electron chi connectivity index (χ4n) is 2.38. The van der Waals surface area contributed by atoms with Gasteiger partial charge in [-0.1, -0.05) is 6.92 Å². The summed E-state index contributed by atoms with van der Waals surface area (Å²) in [5, 5.41) is 7.81. The van der Waals surface area contributed by atoms with Crippen LogP contribution in [0.1, 0.15) is 29.4 Å². The first-order chi connectivity index (χ1) is 9.08. The van der Waals surface area contributed by atoms with Gasteiger partial charge in [0.05, 0.1) is 5.69 Å². The number of halogens is 1. The molecule has 0 unspecified atom stereocenters. The molecular formula is C14H19BrN4. The Labute approximate surface area is 122 Å². The zero-order chi connectivity index (χ0) is 14.0. The van der Waals surface area contributed by atoms with Crippen LogP contribution in [0.25, 0.3) is 5.82 Å². The Kier molecular flexibility index (Phi) is 4.37. The van der Waals surface area contributed by atoms with Crippen molar-refractivity contribution >= 4 is 15.9 Å². The quantitative estimate of drug-likeness (QED) is 0.941. The molecular weight excluding hydrogens is 304 g/mol. The number of nitrogens with zero attached hydrogens (tertiary/aromatic N) is 3. The van der Waals surface area contributed by atoms with Crippen molar-refractivity contribution in [1.82, 2.24) is 20.1 Å². The summed E-state index contributed by atoms with van der Waals surface area (Å²) in [4.78, 5) is 4.53. The van der Waals surface area contributed by atoms with E-state index in [4.69, 9.17) is 0 Å². The third-order valence-electron chi connectivity index (χ3n) is 3.27. The van der Waals surface area contributed by atoms with E-state index in [0.717, 1.165) is 34.5 Å². The molecule has 0 aliphatic rings. The second-order valence-electron chi connectivity index (χ2n) is 4.58. The molecule has 1 N–H and O–H groups in total. The van der Waals surface area contributed by atoms with Crippen LogP contribution in [0.5, 0.6) is 0 Å². The van der Waals surface area contributed by atoms with E-state index in [1.54, 1.807) is 0 Å². The highest BCUT2D eigenvalue weighted by atomic mass is 79.9. The average Bonchev–Trinajstić information content (AvgIpc) is 2.65. The van der Waals surface area contributed by atoms with Gasteiger partial charge in [-0.25, -0.2) is 9.67 Å². The number of hydrogen-bond donors (Lipinski definition) is 1. The zero-order valence-corrected chi connectivity index (χ0v) is 13.4. The number of aryl methyl sites for hydroxylation is 1. The van der Waals surface area contributed by atoms with Gasteiger partial charge in [0.1, 0.15) is 0 Å².